The van der Waals surface area contributed by atoms with E-state index in [1.165, 1.54) is 11.8 Å². The van der Waals surface area contributed by atoms with E-state index in [1.54, 1.807) is 19.9 Å². The lowest BCUT2D eigenvalue weighted by molar-refractivity contribution is -0.115. The van der Waals surface area contributed by atoms with Crippen LogP contribution in [0.3, 0.4) is 0 Å². The fourth-order valence-electron chi connectivity index (χ4n) is 1.97. The molecule has 0 saturated heterocycles. The number of hydrogen-bond donors (Lipinski definition) is 2. The van der Waals surface area contributed by atoms with Gasteiger partial charge < -0.3 is 20.1 Å². The molecule has 1 aromatic carbocycles. The molecule has 2 N–H and O–H groups in total. The van der Waals surface area contributed by atoms with E-state index in [4.69, 9.17) is 4.52 Å². The summed E-state index contributed by atoms with van der Waals surface area (Å²) in [6, 6.07) is 9.19. The van der Waals surface area contributed by atoms with Crippen LogP contribution in [0.15, 0.2) is 34.9 Å². The predicted octanol–water partition coefficient (Wildman–Crippen LogP) is 2.75. The minimum Gasteiger partial charge on any atom is -0.378 e. The van der Waals surface area contributed by atoms with E-state index in [-0.39, 0.29) is 22.8 Å². The van der Waals surface area contributed by atoms with Crippen molar-refractivity contribution in [1.82, 2.24) is 5.16 Å². The summed E-state index contributed by atoms with van der Waals surface area (Å²) in [5.74, 6) is 0.804. The molecule has 0 spiro atoms. The molecule has 0 bridgehead atoms. The molecule has 1 heterocycles. The lowest BCUT2D eigenvalue weighted by Crippen LogP contribution is -2.25. The molecule has 0 aliphatic carbocycles. The quantitative estimate of drug-likeness (QED) is 0.787. The maximum absolute atomic E-state index is 12.0. The maximum atomic E-state index is 12.0. The van der Waals surface area contributed by atoms with Crippen LogP contribution in [0, 0.1) is 6.92 Å². The highest BCUT2D eigenvalue weighted by Crippen LogP contribution is 2.17. The van der Waals surface area contributed by atoms with E-state index >= 15 is 0 Å². The van der Waals surface area contributed by atoms with Gasteiger partial charge in [-0.05, 0) is 38.1 Å². The van der Waals surface area contributed by atoms with Gasteiger partial charge in [-0.25, -0.2) is 0 Å². The van der Waals surface area contributed by atoms with Gasteiger partial charge in [0.25, 0.3) is 0 Å². The third-order valence-corrected chi connectivity index (χ3v) is 4.52. The van der Waals surface area contributed by atoms with Crippen LogP contribution in [0.5, 0.6) is 0 Å². The van der Waals surface area contributed by atoms with Crippen molar-refractivity contribution in [2.75, 3.05) is 35.4 Å². The van der Waals surface area contributed by atoms with Gasteiger partial charge in [0.05, 0.1) is 11.0 Å². The first-order valence-electron chi connectivity index (χ1n) is 7.78. The molecule has 1 aromatic heterocycles. The Balaban J connectivity index is 1.77. The summed E-state index contributed by atoms with van der Waals surface area (Å²) in [7, 11) is 3.91. The van der Waals surface area contributed by atoms with E-state index < -0.39 is 0 Å². The van der Waals surface area contributed by atoms with Crippen LogP contribution in [-0.4, -0.2) is 42.1 Å². The number of carbonyl (C=O) groups is 2. The van der Waals surface area contributed by atoms with Crippen molar-refractivity contribution in [2.45, 2.75) is 19.1 Å². The molecule has 2 rings (SSSR count). The number of nitrogens with one attached hydrogen (secondary N) is 2. The van der Waals surface area contributed by atoms with Crippen LogP contribution >= 0.6 is 11.8 Å². The van der Waals surface area contributed by atoms with Crippen molar-refractivity contribution < 1.29 is 14.1 Å². The topological polar surface area (TPSA) is 87.5 Å². The summed E-state index contributed by atoms with van der Waals surface area (Å²) >= 11 is 1.26. The van der Waals surface area contributed by atoms with Crippen molar-refractivity contribution >= 4 is 40.8 Å². The molecule has 2 aromatic rings. The third kappa shape index (κ3) is 5.82. The van der Waals surface area contributed by atoms with Gasteiger partial charge >= 0.3 is 0 Å². The summed E-state index contributed by atoms with van der Waals surface area (Å²) in [5.41, 5.74) is 1.78. The average Bonchev–Trinajstić information content (AvgIpc) is 2.98. The Labute approximate surface area is 151 Å². The molecule has 134 valence electrons. The van der Waals surface area contributed by atoms with E-state index in [9.17, 15) is 9.59 Å². The Kier molecular flexibility index (Phi) is 6.46. The zero-order chi connectivity index (χ0) is 18.4. The van der Waals surface area contributed by atoms with Gasteiger partial charge in [-0.3, -0.25) is 9.59 Å². The van der Waals surface area contributed by atoms with Crippen LogP contribution in [0.1, 0.15) is 12.7 Å². The highest BCUT2D eigenvalue weighted by atomic mass is 32.2. The summed E-state index contributed by atoms with van der Waals surface area (Å²) in [6.45, 7) is 3.49. The van der Waals surface area contributed by atoms with Gasteiger partial charge in [-0.1, -0.05) is 5.16 Å². The molecule has 7 nitrogen and oxygen atoms in total. The number of hydrogen-bond acceptors (Lipinski definition) is 6. The van der Waals surface area contributed by atoms with Crippen LogP contribution in [0.4, 0.5) is 17.2 Å². The molecule has 1 unspecified atom stereocenters. The second kappa shape index (κ2) is 8.57. The number of aryl methyl sites for hydroxylation is 1. The number of thioether (sulfide) groups is 1. The number of carbonyl (C=O) groups excluding carboxylic acids is 2. The summed E-state index contributed by atoms with van der Waals surface area (Å²) in [4.78, 5) is 26.0. The number of amides is 2. The van der Waals surface area contributed by atoms with Gasteiger partial charge in [-0.15, -0.1) is 11.8 Å². The normalized spacial score (nSPS) is 11.7. The zero-order valence-corrected chi connectivity index (χ0v) is 15.5. The van der Waals surface area contributed by atoms with E-state index in [0.29, 0.717) is 11.6 Å². The molecular weight excluding hydrogens is 340 g/mol. The van der Waals surface area contributed by atoms with Gasteiger partial charge in [0.2, 0.25) is 11.8 Å². The Morgan fingerprint density at radius 2 is 1.92 bits per heavy atom. The van der Waals surface area contributed by atoms with Gasteiger partial charge in [-0.2, -0.15) is 0 Å². The summed E-state index contributed by atoms with van der Waals surface area (Å²) in [6.07, 6.45) is 0. The number of anilines is 3. The lowest BCUT2D eigenvalue weighted by atomic mass is 10.2. The zero-order valence-electron chi connectivity index (χ0n) is 14.7. The first-order valence-corrected chi connectivity index (χ1v) is 8.83. The van der Waals surface area contributed by atoms with Crippen molar-refractivity contribution in [2.24, 2.45) is 0 Å². The van der Waals surface area contributed by atoms with Crippen LogP contribution < -0.4 is 15.5 Å². The van der Waals surface area contributed by atoms with Crippen LogP contribution in [0.25, 0.3) is 0 Å². The fraction of sp³-hybridized carbons (Fsp3) is 0.353. The lowest BCUT2D eigenvalue weighted by Gasteiger charge is -2.13. The Bertz CT molecular complexity index is 728. The molecule has 1 atom stereocenters. The summed E-state index contributed by atoms with van der Waals surface area (Å²) in [5, 5.41) is 8.79. The molecule has 2 amide bonds. The first-order chi connectivity index (χ1) is 11.8. The predicted molar refractivity (Wildman–Crippen MR) is 101 cm³/mol. The fourth-order valence-corrected chi connectivity index (χ4v) is 2.65. The number of rotatable bonds is 7. The third-order valence-electron chi connectivity index (χ3n) is 3.38. The molecule has 0 fully saturated rings. The minimum absolute atomic E-state index is 0.153. The van der Waals surface area contributed by atoms with Gasteiger partial charge in [0.15, 0.2) is 5.82 Å². The molecule has 8 heteroatoms. The Morgan fingerprint density at radius 1 is 1.24 bits per heavy atom. The molecule has 0 radical (unpaired) electrons. The second-order valence-electron chi connectivity index (χ2n) is 5.75. The Morgan fingerprint density at radius 3 is 2.48 bits per heavy atom. The van der Waals surface area contributed by atoms with Crippen molar-refractivity contribution in [3.63, 3.8) is 0 Å². The van der Waals surface area contributed by atoms with Crippen molar-refractivity contribution in [1.29, 1.82) is 0 Å². The SMILES string of the molecule is Cc1cc(NC(=O)C(C)SCC(=O)Nc2ccc(N(C)C)cc2)no1. The highest BCUT2D eigenvalue weighted by molar-refractivity contribution is 8.01. The second-order valence-corrected chi connectivity index (χ2v) is 7.08. The van der Waals surface area contributed by atoms with Crippen LogP contribution in [0.2, 0.25) is 0 Å². The molecule has 0 saturated carbocycles. The Hall–Kier alpha value is -2.48. The largest absolute Gasteiger partial charge is 0.378 e. The molecule has 0 aliphatic rings. The van der Waals surface area contributed by atoms with Crippen molar-refractivity contribution in [3.05, 3.63) is 36.1 Å². The average molecular weight is 362 g/mol. The van der Waals surface area contributed by atoms with E-state index in [0.717, 1.165) is 11.4 Å². The number of benzene rings is 1. The molecular formula is C17H22N4O3S. The first kappa shape index (κ1) is 18.9. The van der Waals surface area contributed by atoms with E-state index in [1.807, 2.05) is 43.3 Å². The summed E-state index contributed by atoms with van der Waals surface area (Å²) < 4.78 is 4.89. The number of aromatic nitrogens is 1. The molecule has 25 heavy (non-hydrogen) atoms. The van der Waals surface area contributed by atoms with Gasteiger partial charge in [0, 0.05) is 31.5 Å². The van der Waals surface area contributed by atoms with Gasteiger partial charge in [0.1, 0.15) is 5.76 Å². The highest BCUT2D eigenvalue weighted by Gasteiger charge is 2.16. The molecule has 0 aliphatic heterocycles. The van der Waals surface area contributed by atoms with Crippen molar-refractivity contribution in [3.8, 4) is 0 Å². The van der Waals surface area contributed by atoms with E-state index in [2.05, 4.69) is 15.8 Å². The minimum atomic E-state index is -0.390. The standard InChI is InChI=1S/C17H22N4O3S/c1-11-9-15(20-24-11)19-17(23)12(2)25-10-16(22)18-13-5-7-14(8-6-13)21(3)4/h5-9,12H,10H2,1-4H3,(H,18,22)(H,19,20,23). The van der Waals surface area contributed by atoms with Crippen LogP contribution in [-0.2, 0) is 9.59 Å². The maximum Gasteiger partial charge on any atom is 0.238 e. The monoisotopic (exact) mass is 362 g/mol. The smallest absolute Gasteiger partial charge is 0.238 e. The number of nitrogens with zero attached hydrogens (tertiary/aromatic N) is 2.